The number of piperidine rings is 1. The fraction of sp³-hybridized carbons (Fsp3) is 0.348. The molecule has 0 saturated carbocycles. The van der Waals surface area contributed by atoms with Gasteiger partial charge in [-0.05, 0) is 31.4 Å². The lowest BCUT2D eigenvalue weighted by Crippen LogP contribution is -2.49. The maximum atomic E-state index is 13.0. The second kappa shape index (κ2) is 7.48. The van der Waals surface area contributed by atoms with Crippen LogP contribution in [0.3, 0.4) is 0 Å². The largest absolute Gasteiger partial charge is 0.439 e. The van der Waals surface area contributed by atoms with Gasteiger partial charge in [-0.15, -0.1) is 0 Å². The van der Waals surface area contributed by atoms with Crippen molar-refractivity contribution in [3.05, 3.63) is 65.9 Å². The van der Waals surface area contributed by atoms with Gasteiger partial charge < -0.3 is 9.64 Å². The van der Waals surface area contributed by atoms with Crippen molar-refractivity contribution in [2.24, 2.45) is 0 Å². The van der Waals surface area contributed by atoms with Crippen molar-refractivity contribution in [1.82, 2.24) is 20.0 Å². The van der Waals surface area contributed by atoms with Gasteiger partial charge in [0.1, 0.15) is 6.10 Å². The highest BCUT2D eigenvalue weighted by atomic mass is 16.6. The molecule has 3 aromatic rings. The van der Waals surface area contributed by atoms with Crippen LogP contribution in [0.5, 0.6) is 0 Å². The summed E-state index contributed by atoms with van der Waals surface area (Å²) in [4.78, 5) is 29.3. The highest BCUT2D eigenvalue weighted by molar-refractivity contribution is 6.04. The number of carbonyl (C=O) groups is 2. The topological polar surface area (TPSA) is 78.5 Å². The van der Waals surface area contributed by atoms with E-state index < -0.39 is 0 Å². The number of nitrogens with zero attached hydrogens (tertiary/aromatic N) is 3. The van der Waals surface area contributed by atoms with Gasteiger partial charge >= 0.3 is 6.09 Å². The molecular formula is C23H24N4O3. The number of nitrogens with one attached hydrogen (secondary N) is 1. The Morgan fingerprint density at radius 2 is 1.77 bits per heavy atom. The molecule has 5 rings (SSSR count). The lowest BCUT2D eigenvalue weighted by molar-refractivity contribution is 0.0637. The van der Waals surface area contributed by atoms with E-state index in [0.29, 0.717) is 18.8 Å². The predicted octanol–water partition coefficient (Wildman–Crippen LogP) is 3.75. The number of para-hydroxylation sites is 1. The maximum Gasteiger partial charge on any atom is 0.411 e. The number of hydrogen-bond donors (Lipinski definition) is 1. The summed E-state index contributed by atoms with van der Waals surface area (Å²) in [6.45, 7) is 3.23. The minimum absolute atomic E-state index is 0.0394. The minimum Gasteiger partial charge on any atom is -0.439 e. The van der Waals surface area contributed by atoms with E-state index in [-0.39, 0.29) is 30.2 Å². The van der Waals surface area contributed by atoms with E-state index in [2.05, 4.69) is 10.2 Å². The summed E-state index contributed by atoms with van der Waals surface area (Å²) in [6.07, 6.45) is 0.942. The third kappa shape index (κ3) is 3.10. The molecule has 2 aliphatic rings. The van der Waals surface area contributed by atoms with Crippen molar-refractivity contribution in [1.29, 1.82) is 0 Å². The lowest BCUT2D eigenvalue weighted by atomic mass is 9.98. The number of ether oxygens (including phenoxy) is 1. The molecule has 2 aliphatic heterocycles. The molecule has 0 bridgehead atoms. The summed E-state index contributed by atoms with van der Waals surface area (Å²) in [5.74, 6) is -0.0647. The van der Waals surface area contributed by atoms with Gasteiger partial charge in [0.25, 0.3) is 5.91 Å². The maximum absolute atomic E-state index is 13.0. The zero-order chi connectivity index (χ0) is 20.7. The summed E-state index contributed by atoms with van der Waals surface area (Å²) in [7, 11) is 0. The van der Waals surface area contributed by atoms with Gasteiger partial charge in [-0.3, -0.25) is 14.8 Å². The molecule has 1 aromatic heterocycles. The second-order valence-electron chi connectivity index (χ2n) is 8.00. The van der Waals surface area contributed by atoms with Crippen LogP contribution in [0.25, 0.3) is 10.9 Å². The molecule has 3 heterocycles. The number of H-pyrrole nitrogens is 1. The molecule has 0 spiro atoms. The molecule has 1 N–H and O–H groups in total. The van der Waals surface area contributed by atoms with Gasteiger partial charge in [-0.2, -0.15) is 5.10 Å². The van der Waals surface area contributed by atoms with Crippen LogP contribution in [0.4, 0.5) is 4.79 Å². The first-order chi connectivity index (χ1) is 14.6. The predicted molar refractivity (Wildman–Crippen MR) is 112 cm³/mol. The van der Waals surface area contributed by atoms with E-state index in [4.69, 9.17) is 4.74 Å². The number of fused-ring (bicyclic) bond motifs is 1. The van der Waals surface area contributed by atoms with Crippen molar-refractivity contribution in [3.8, 4) is 0 Å². The van der Waals surface area contributed by atoms with E-state index in [1.165, 1.54) is 0 Å². The Hall–Kier alpha value is -3.35. The molecule has 0 radical (unpaired) electrons. The van der Waals surface area contributed by atoms with Gasteiger partial charge in [0, 0.05) is 24.5 Å². The summed E-state index contributed by atoms with van der Waals surface area (Å²) in [5.41, 5.74) is 2.33. The Morgan fingerprint density at radius 1 is 1.07 bits per heavy atom. The van der Waals surface area contributed by atoms with E-state index >= 15 is 0 Å². The SMILES string of the molecule is CC1C(c2ccccc2)OC(=O)N1C1CCN(C(=O)c2n[nH]c3ccccc23)CC1. The van der Waals surface area contributed by atoms with Crippen LogP contribution in [0, 0.1) is 0 Å². The molecule has 2 aromatic carbocycles. The van der Waals surface area contributed by atoms with Crippen molar-refractivity contribution in [3.63, 3.8) is 0 Å². The molecule has 2 atom stereocenters. The van der Waals surface area contributed by atoms with Crippen molar-refractivity contribution < 1.29 is 14.3 Å². The second-order valence-corrected chi connectivity index (χ2v) is 8.00. The van der Waals surface area contributed by atoms with Crippen LogP contribution >= 0.6 is 0 Å². The number of hydrogen-bond acceptors (Lipinski definition) is 4. The van der Waals surface area contributed by atoms with Crippen LogP contribution in [0.1, 0.15) is 41.9 Å². The quantitative estimate of drug-likeness (QED) is 0.721. The first-order valence-corrected chi connectivity index (χ1v) is 10.4. The van der Waals surface area contributed by atoms with Gasteiger partial charge in [0.2, 0.25) is 0 Å². The smallest absolute Gasteiger partial charge is 0.411 e. The molecule has 2 fully saturated rings. The lowest BCUT2D eigenvalue weighted by Gasteiger charge is -2.37. The number of carbonyl (C=O) groups excluding carboxylic acids is 2. The number of likely N-dealkylation sites (tertiary alicyclic amines) is 1. The first-order valence-electron chi connectivity index (χ1n) is 10.4. The van der Waals surface area contributed by atoms with Crippen molar-refractivity contribution in [2.45, 2.75) is 38.0 Å². The number of aromatic nitrogens is 2. The number of aromatic amines is 1. The molecule has 7 heteroatoms. The molecule has 2 unspecified atom stereocenters. The summed E-state index contributed by atoms with van der Waals surface area (Å²) < 4.78 is 5.70. The Bertz CT molecular complexity index is 1070. The Kier molecular flexibility index (Phi) is 4.65. The highest BCUT2D eigenvalue weighted by Gasteiger charge is 2.44. The van der Waals surface area contributed by atoms with Gasteiger partial charge in [-0.25, -0.2) is 4.79 Å². The molecular weight excluding hydrogens is 380 g/mol. The summed E-state index contributed by atoms with van der Waals surface area (Å²) in [6, 6.07) is 17.5. The first kappa shape index (κ1) is 18.7. The van der Waals surface area contributed by atoms with Crippen LogP contribution in [-0.4, -0.2) is 57.2 Å². The van der Waals surface area contributed by atoms with E-state index in [1.807, 2.05) is 71.3 Å². The summed E-state index contributed by atoms with van der Waals surface area (Å²) in [5, 5.41) is 8.00. The Morgan fingerprint density at radius 3 is 2.53 bits per heavy atom. The number of cyclic esters (lactones) is 1. The third-order valence-corrected chi connectivity index (χ3v) is 6.26. The van der Waals surface area contributed by atoms with Gasteiger partial charge in [0.15, 0.2) is 5.69 Å². The monoisotopic (exact) mass is 404 g/mol. The van der Waals surface area contributed by atoms with Gasteiger partial charge in [-0.1, -0.05) is 48.5 Å². The molecule has 154 valence electrons. The minimum atomic E-state index is -0.264. The van der Waals surface area contributed by atoms with E-state index in [0.717, 1.165) is 29.3 Å². The van der Waals surface area contributed by atoms with Crippen LogP contribution in [0.15, 0.2) is 54.6 Å². The van der Waals surface area contributed by atoms with E-state index in [1.54, 1.807) is 0 Å². The van der Waals surface area contributed by atoms with Crippen molar-refractivity contribution in [2.75, 3.05) is 13.1 Å². The average Bonchev–Trinajstić information content (AvgIpc) is 3.35. The number of amides is 2. The number of benzene rings is 2. The third-order valence-electron chi connectivity index (χ3n) is 6.26. The van der Waals surface area contributed by atoms with Gasteiger partial charge in [0.05, 0.1) is 11.6 Å². The molecule has 2 saturated heterocycles. The zero-order valence-electron chi connectivity index (χ0n) is 16.8. The molecule has 30 heavy (non-hydrogen) atoms. The normalized spacial score (nSPS) is 22.5. The summed E-state index contributed by atoms with van der Waals surface area (Å²) >= 11 is 0. The Balaban J connectivity index is 1.27. The van der Waals surface area contributed by atoms with Crippen LogP contribution in [0.2, 0.25) is 0 Å². The molecule has 2 amide bonds. The van der Waals surface area contributed by atoms with Crippen LogP contribution in [-0.2, 0) is 4.74 Å². The standard InChI is InChI=1S/C23H24N4O3/c1-15-21(16-7-3-2-4-8-16)30-23(29)27(15)17-11-13-26(14-12-17)22(28)20-18-9-5-6-10-19(18)24-25-20/h2-10,15,17,21H,11-14H2,1H3,(H,24,25). The molecule has 7 nitrogen and oxygen atoms in total. The fourth-order valence-electron chi connectivity index (χ4n) is 4.67. The highest BCUT2D eigenvalue weighted by Crippen LogP contribution is 2.36. The fourth-order valence-corrected chi connectivity index (χ4v) is 4.67. The average molecular weight is 404 g/mol. The number of rotatable bonds is 3. The Labute approximate surface area is 174 Å². The van der Waals surface area contributed by atoms with E-state index in [9.17, 15) is 9.59 Å². The zero-order valence-corrected chi connectivity index (χ0v) is 16.8. The van der Waals surface area contributed by atoms with Crippen molar-refractivity contribution >= 4 is 22.9 Å². The molecule has 0 aliphatic carbocycles. The van der Waals surface area contributed by atoms with Crippen LogP contribution < -0.4 is 0 Å².